The quantitative estimate of drug-likeness (QED) is 0.187. The lowest BCUT2D eigenvalue weighted by Crippen LogP contribution is -2.44. The van der Waals surface area contributed by atoms with Gasteiger partial charge in [-0.3, -0.25) is 9.47 Å². The molecule has 4 rings (SSSR count). The van der Waals surface area contributed by atoms with Gasteiger partial charge in [-0.2, -0.15) is 0 Å². The minimum atomic E-state index is -1.20. The summed E-state index contributed by atoms with van der Waals surface area (Å²) in [6, 6.07) is 7.51. The fourth-order valence-electron chi connectivity index (χ4n) is 4.75. The maximum atomic E-state index is 12.5. The van der Waals surface area contributed by atoms with Gasteiger partial charge in [0.2, 0.25) is 0 Å². The molecule has 40 heavy (non-hydrogen) atoms. The topological polar surface area (TPSA) is 190 Å². The standard InChI is InChI=1S/C27H41N9O4/c1-27(2,3)17-6-8-18(9-7-17)34-26(39)30-11-13-35(12-5-4-10-28)14-19-21(37)22(38)25(40-19)36-16-33-20-23(29)31-15-32-24(20)36/h6-9,15-16,19,21-22,25,37-38H,4-5,10-14,28H2,1-3H3,(H2,29,31,32)(H2,30,34,39)/t19-,21-,22-,25?/m1/s1. The second kappa shape index (κ2) is 12.9. The summed E-state index contributed by atoms with van der Waals surface area (Å²) in [5.41, 5.74) is 14.3. The highest BCUT2D eigenvalue weighted by Crippen LogP contribution is 2.32. The third-order valence-electron chi connectivity index (χ3n) is 7.09. The number of aromatic nitrogens is 4. The van der Waals surface area contributed by atoms with E-state index in [1.807, 2.05) is 24.3 Å². The molecule has 0 saturated carbocycles. The number of fused-ring (bicyclic) bond motifs is 1. The van der Waals surface area contributed by atoms with Crippen LogP contribution in [0.1, 0.15) is 45.4 Å². The number of aliphatic hydroxyl groups excluding tert-OH is 2. The van der Waals surface area contributed by atoms with Gasteiger partial charge in [0.1, 0.15) is 30.2 Å². The van der Waals surface area contributed by atoms with Crippen molar-refractivity contribution in [2.45, 2.75) is 63.6 Å². The summed E-state index contributed by atoms with van der Waals surface area (Å²) in [4.78, 5) is 27.0. The molecule has 3 heterocycles. The predicted molar refractivity (Wildman–Crippen MR) is 153 cm³/mol. The Bertz CT molecular complexity index is 1260. The van der Waals surface area contributed by atoms with Crippen molar-refractivity contribution in [2.24, 2.45) is 5.73 Å². The average Bonchev–Trinajstić information content (AvgIpc) is 3.46. The lowest BCUT2D eigenvalue weighted by atomic mass is 9.87. The molecular formula is C27H41N9O4. The molecule has 13 heteroatoms. The lowest BCUT2D eigenvalue weighted by molar-refractivity contribution is -0.0440. The van der Waals surface area contributed by atoms with Crippen LogP contribution in [0.2, 0.25) is 0 Å². The molecule has 3 aromatic rings. The Hall–Kier alpha value is -3.36. The van der Waals surface area contributed by atoms with Crippen molar-refractivity contribution in [2.75, 3.05) is 43.8 Å². The number of nitrogens with one attached hydrogen (secondary N) is 2. The van der Waals surface area contributed by atoms with Gasteiger partial charge in [0.25, 0.3) is 0 Å². The number of nitrogen functional groups attached to an aromatic ring is 1. The number of carbonyl (C=O) groups excluding carboxylic acids is 1. The van der Waals surface area contributed by atoms with E-state index in [9.17, 15) is 15.0 Å². The van der Waals surface area contributed by atoms with E-state index in [-0.39, 0.29) is 17.3 Å². The molecule has 2 amide bonds. The van der Waals surface area contributed by atoms with Gasteiger partial charge in [0.15, 0.2) is 17.7 Å². The zero-order valence-electron chi connectivity index (χ0n) is 23.3. The van der Waals surface area contributed by atoms with Gasteiger partial charge < -0.3 is 37.1 Å². The molecule has 1 aromatic carbocycles. The lowest BCUT2D eigenvalue weighted by Gasteiger charge is -2.27. The molecule has 0 spiro atoms. The van der Waals surface area contributed by atoms with Gasteiger partial charge in [-0.15, -0.1) is 0 Å². The maximum absolute atomic E-state index is 12.5. The average molecular weight is 556 g/mol. The van der Waals surface area contributed by atoms with E-state index in [1.165, 1.54) is 18.2 Å². The molecule has 1 unspecified atom stereocenters. The van der Waals surface area contributed by atoms with E-state index in [4.69, 9.17) is 16.2 Å². The minimum absolute atomic E-state index is 0.0374. The van der Waals surface area contributed by atoms with Gasteiger partial charge >= 0.3 is 6.03 Å². The van der Waals surface area contributed by atoms with Crippen LogP contribution < -0.4 is 22.1 Å². The van der Waals surface area contributed by atoms with Crippen LogP contribution in [0.25, 0.3) is 11.2 Å². The Labute approximate surface area is 233 Å². The molecule has 218 valence electrons. The number of imidazole rings is 1. The minimum Gasteiger partial charge on any atom is -0.387 e. The number of amides is 2. The first-order chi connectivity index (χ1) is 19.1. The summed E-state index contributed by atoms with van der Waals surface area (Å²) < 4.78 is 7.67. The number of nitrogens with two attached hydrogens (primary N) is 2. The summed E-state index contributed by atoms with van der Waals surface area (Å²) in [5.74, 6) is 0.220. The Balaban J connectivity index is 1.34. The summed E-state index contributed by atoms with van der Waals surface area (Å²) in [6.45, 7) is 8.94. The highest BCUT2D eigenvalue weighted by atomic mass is 16.6. The predicted octanol–water partition coefficient (Wildman–Crippen LogP) is 1.19. The van der Waals surface area contributed by atoms with Crippen molar-refractivity contribution >= 4 is 28.7 Å². The number of rotatable bonds is 11. The molecular weight excluding hydrogens is 514 g/mol. The first-order valence-corrected chi connectivity index (χ1v) is 13.6. The van der Waals surface area contributed by atoms with Crippen LogP contribution in [-0.4, -0.2) is 91.7 Å². The van der Waals surface area contributed by atoms with Gasteiger partial charge in [0, 0.05) is 25.3 Å². The Morgan fingerprint density at radius 1 is 1.10 bits per heavy atom. The molecule has 1 fully saturated rings. The van der Waals surface area contributed by atoms with Crippen molar-refractivity contribution in [3.8, 4) is 0 Å². The fourth-order valence-corrected chi connectivity index (χ4v) is 4.75. The highest BCUT2D eigenvalue weighted by molar-refractivity contribution is 5.89. The molecule has 0 bridgehead atoms. The summed E-state index contributed by atoms with van der Waals surface area (Å²) >= 11 is 0. The van der Waals surface area contributed by atoms with E-state index in [2.05, 4.69) is 51.3 Å². The number of nitrogens with zero attached hydrogens (tertiary/aromatic N) is 5. The third-order valence-corrected chi connectivity index (χ3v) is 7.09. The van der Waals surface area contributed by atoms with Gasteiger partial charge in [0.05, 0.1) is 6.33 Å². The zero-order valence-corrected chi connectivity index (χ0v) is 23.3. The molecule has 1 aliphatic rings. The molecule has 0 radical (unpaired) electrons. The molecule has 13 nitrogen and oxygen atoms in total. The molecule has 2 aromatic heterocycles. The first-order valence-electron chi connectivity index (χ1n) is 13.6. The molecule has 1 aliphatic heterocycles. The second-order valence-electron chi connectivity index (χ2n) is 11.1. The largest absolute Gasteiger partial charge is 0.387 e. The van der Waals surface area contributed by atoms with Crippen LogP contribution in [0.15, 0.2) is 36.9 Å². The summed E-state index contributed by atoms with van der Waals surface area (Å²) in [6.07, 6.45) is 0.578. The molecule has 0 aliphatic carbocycles. The van der Waals surface area contributed by atoms with E-state index in [1.54, 1.807) is 4.57 Å². The van der Waals surface area contributed by atoms with E-state index < -0.39 is 24.5 Å². The number of ether oxygens (including phenoxy) is 1. The number of urea groups is 1. The first kappa shape index (κ1) is 29.6. The van der Waals surface area contributed by atoms with E-state index in [0.29, 0.717) is 49.6 Å². The van der Waals surface area contributed by atoms with Gasteiger partial charge in [-0.25, -0.2) is 19.7 Å². The molecule has 1 saturated heterocycles. The smallest absolute Gasteiger partial charge is 0.319 e. The van der Waals surface area contributed by atoms with Crippen LogP contribution in [-0.2, 0) is 10.2 Å². The zero-order chi connectivity index (χ0) is 28.9. The number of hydrogen-bond donors (Lipinski definition) is 6. The van der Waals surface area contributed by atoms with Crippen molar-refractivity contribution in [1.29, 1.82) is 0 Å². The monoisotopic (exact) mass is 555 g/mol. The molecule has 8 N–H and O–H groups in total. The third kappa shape index (κ3) is 7.04. The van der Waals surface area contributed by atoms with Crippen molar-refractivity contribution in [1.82, 2.24) is 29.7 Å². The normalized spacial score (nSPS) is 21.3. The number of hydrogen-bond acceptors (Lipinski definition) is 10. The fraction of sp³-hybridized carbons (Fsp3) is 0.556. The van der Waals surface area contributed by atoms with Crippen LogP contribution in [0, 0.1) is 0 Å². The summed E-state index contributed by atoms with van der Waals surface area (Å²) in [5, 5.41) is 27.4. The summed E-state index contributed by atoms with van der Waals surface area (Å²) in [7, 11) is 0. The van der Waals surface area contributed by atoms with Crippen LogP contribution in [0.5, 0.6) is 0 Å². The number of anilines is 2. The van der Waals surface area contributed by atoms with Crippen molar-refractivity contribution in [3.05, 3.63) is 42.5 Å². The Kier molecular flexibility index (Phi) is 9.53. The number of unbranched alkanes of at least 4 members (excludes halogenated alkanes) is 1. The highest BCUT2D eigenvalue weighted by Gasteiger charge is 2.44. The number of benzene rings is 1. The van der Waals surface area contributed by atoms with E-state index >= 15 is 0 Å². The van der Waals surface area contributed by atoms with Gasteiger partial charge in [-0.1, -0.05) is 32.9 Å². The van der Waals surface area contributed by atoms with Crippen LogP contribution >= 0.6 is 0 Å². The van der Waals surface area contributed by atoms with Crippen LogP contribution in [0.3, 0.4) is 0 Å². The van der Waals surface area contributed by atoms with Gasteiger partial charge in [-0.05, 0) is 49.0 Å². The Morgan fingerprint density at radius 3 is 2.55 bits per heavy atom. The van der Waals surface area contributed by atoms with Crippen molar-refractivity contribution < 1.29 is 19.7 Å². The maximum Gasteiger partial charge on any atom is 0.319 e. The number of carbonyl (C=O) groups is 1. The second-order valence-corrected chi connectivity index (χ2v) is 11.1. The Morgan fingerprint density at radius 2 is 1.85 bits per heavy atom. The SMILES string of the molecule is CC(C)(C)c1ccc(NC(=O)NCCN(CCCCN)C[C@H]2OC(n3cnc4c(N)ncnc43)[C@H](O)[C@@H]2O)cc1. The van der Waals surface area contributed by atoms with Crippen molar-refractivity contribution in [3.63, 3.8) is 0 Å². The molecule has 4 atom stereocenters. The van der Waals surface area contributed by atoms with E-state index in [0.717, 1.165) is 12.8 Å². The number of aliphatic hydroxyl groups is 2. The van der Waals surface area contributed by atoms with Crippen LogP contribution in [0.4, 0.5) is 16.3 Å².